The van der Waals surface area contributed by atoms with Crippen molar-refractivity contribution in [1.82, 2.24) is 10.4 Å². The number of carbonyl (C=O) groups excluding carboxylic acids is 1. The lowest BCUT2D eigenvalue weighted by atomic mass is 10.2. The number of thiazole rings is 1. The fraction of sp³-hybridized carbons (Fsp3) is 0.385. The van der Waals surface area contributed by atoms with Crippen LogP contribution in [0.3, 0.4) is 0 Å². The zero-order chi connectivity index (χ0) is 14.4. The topological polar surface area (TPSA) is 80.0 Å². The molecule has 0 aliphatic heterocycles. The fourth-order valence-corrected chi connectivity index (χ4v) is 3.58. The van der Waals surface area contributed by atoms with Crippen LogP contribution in [0.15, 0.2) is 17.5 Å². The molecular formula is C13H18N4OS2. The summed E-state index contributed by atoms with van der Waals surface area (Å²) >= 11 is 3.29. The molecule has 0 atom stereocenters. The van der Waals surface area contributed by atoms with Gasteiger partial charge in [-0.2, -0.15) is 0 Å². The number of nitrogens with two attached hydrogens (primary N) is 1. The number of hydrogen-bond acceptors (Lipinski definition) is 6. The maximum atomic E-state index is 10.9. The standard InChI is InChI=1S/C13H18N4OS2/c1-9(18)16-13-17-10(8-19-13)2-3-11-4-5-12(20-11)6-7-15-14/h4-5,8,15H,2-3,6-7,14H2,1H3,(H,16,17,18). The Hall–Kier alpha value is -1.28. The Morgan fingerprint density at radius 3 is 2.75 bits per heavy atom. The zero-order valence-electron chi connectivity index (χ0n) is 11.3. The second-order valence-electron chi connectivity index (χ2n) is 4.40. The molecule has 0 spiro atoms. The van der Waals surface area contributed by atoms with Gasteiger partial charge in [-0.05, 0) is 31.4 Å². The summed E-state index contributed by atoms with van der Waals surface area (Å²) in [7, 11) is 0. The lowest BCUT2D eigenvalue weighted by Crippen LogP contribution is -2.24. The van der Waals surface area contributed by atoms with Crippen LogP contribution >= 0.6 is 22.7 Å². The van der Waals surface area contributed by atoms with Gasteiger partial charge in [0.25, 0.3) is 0 Å². The van der Waals surface area contributed by atoms with Crippen molar-refractivity contribution in [2.75, 3.05) is 11.9 Å². The SMILES string of the molecule is CC(=O)Nc1nc(CCc2ccc(CCNN)s2)cs1. The lowest BCUT2D eigenvalue weighted by molar-refractivity contribution is -0.114. The number of aromatic nitrogens is 1. The molecule has 0 aliphatic carbocycles. The molecule has 2 aromatic rings. The highest BCUT2D eigenvalue weighted by Gasteiger charge is 2.05. The first-order valence-corrected chi connectivity index (χ1v) is 8.10. The van der Waals surface area contributed by atoms with Gasteiger partial charge in [0.05, 0.1) is 5.69 Å². The predicted molar refractivity (Wildman–Crippen MR) is 84.0 cm³/mol. The van der Waals surface area contributed by atoms with Gasteiger partial charge >= 0.3 is 0 Å². The van der Waals surface area contributed by atoms with E-state index in [4.69, 9.17) is 5.84 Å². The molecule has 0 aromatic carbocycles. The Morgan fingerprint density at radius 2 is 2.05 bits per heavy atom. The molecule has 0 unspecified atom stereocenters. The maximum Gasteiger partial charge on any atom is 0.223 e. The van der Waals surface area contributed by atoms with Gasteiger partial charge in [-0.15, -0.1) is 22.7 Å². The zero-order valence-corrected chi connectivity index (χ0v) is 12.9. The minimum absolute atomic E-state index is 0.0812. The van der Waals surface area contributed by atoms with E-state index < -0.39 is 0 Å². The molecule has 108 valence electrons. The van der Waals surface area contributed by atoms with Crippen molar-refractivity contribution in [1.29, 1.82) is 0 Å². The van der Waals surface area contributed by atoms with Crippen molar-refractivity contribution in [3.05, 3.63) is 33.0 Å². The molecule has 0 saturated heterocycles. The Kier molecular flexibility index (Phi) is 5.66. The molecule has 0 aliphatic rings. The van der Waals surface area contributed by atoms with Crippen molar-refractivity contribution in [2.45, 2.75) is 26.2 Å². The number of hydrazine groups is 1. The molecule has 0 radical (unpaired) electrons. The van der Waals surface area contributed by atoms with Gasteiger partial charge in [-0.1, -0.05) is 0 Å². The van der Waals surface area contributed by atoms with Gasteiger partial charge in [-0.3, -0.25) is 16.1 Å². The summed E-state index contributed by atoms with van der Waals surface area (Å²) in [6.45, 7) is 2.29. The van der Waals surface area contributed by atoms with Gasteiger partial charge in [0.15, 0.2) is 5.13 Å². The minimum atomic E-state index is -0.0812. The summed E-state index contributed by atoms with van der Waals surface area (Å²) in [5, 5.41) is 5.38. The Bertz CT molecular complexity index is 564. The largest absolute Gasteiger partial charge is 0.302 e. The van der Waals surface area contributed by atoms with E-state index in [0.717, 1.165) is 31.5 Å². The number of carbonyl (C=O) groups is 1. The van der Waals surface area contributed by atoms with Crippen LogP contribution in [0.2, 0.25) is 0 Å². The van der Waals surface area contributed by atoms with E-state index in [9.17, 15) is 4.79 Å². The number of rotatable bonds is 7. The van der Waals surface area contributed by atoms with Crippen molar-refractivity contribution < 1.29 is 4.79 Å². The van der Waals surface area contributed by atoms with Crippen LogP contribution in [0.25, 0.3) is 0 Å². The van der Waals surface area contributed by atoms with Crippen LogP contribution < -0.4 is 16.6 Å². The van der Waals surface area contributed by atoms with Gasteiger partial charge < -0.3 is 5.32 Å². The third kappa shape index (κ3) is 4.68. The molecule has 2 aromatic heterocycles. The average molecular weight is 310 g/mol. The molecule has 1 amide bonds. The highest BCUT2D eigenvalue weighted by Crippen LogP contribution is 2.21. The van der Waals surface area contributed by atoms with E-state index in [1.54, 1.807) is 0 Å². The van der Waals surface area contributed by atoms with E-state index in [1.165, 1.54) is 28.0 Å². The van der Waals surface area contributed by atoms with Crippen molar-refractivity contribution in [2.24, 2.45) is 5.84 Å². The predicted octanol–water partition coefficient (Wildman–Crippen LogP) is 1.95. The number of nitrogens with zero attached hydrogens (tertiary/aromatic N) is 1. The summed E-state index contributed by atoms with van der Waals surface area (Å²) in [6, 6.07) is 4.32. The molecule has 20 heavy (non-hydrogen) atoms. The van der Waals surface area contributed by atoms with E-state index in [-0.39, 0.29) is 5.91 Å². The second-order valence-corrected chi connectivity index (χ2v) is 6.51. The average Bonchev–Trinajstić information content (AvgIpc) is 3.02. The second kappa shape index (κ2) is 7.49. The van der Waals surface area contributed by atoms with Crippen molar-refractivity contribution >= 4 is 33.7 Å². The van der Waals surface area contributed by atoms with E-state index in [1.807, 2.05) is 16.7 Å². The van der Waals surface area contributed by atoms with Crippen molar-refractivity contribution in [3.8, 4) is 0 Å². The first kappa shape index (κ1) is 15.1. The molecule has 4 N–H and O–H groups in total. The van der Waals surface area contributed by atoms with Gasteiger partial charge in [0, 0.05) is 28.6 Å². The highest BCUT2D eigenvalue weighted by atomic mass is 32.1. The summed E-state index contributed by atoms with van der Waals surface area (Å²) in [5.41, 5.74) is 3.69. The smallest absolute Gasteiger partial charge is 0.223 e. The summed E-state index contributed by atoms with van der Waals surface area (Å²) < 4.78 is 0. The lowest BCUT2D eigenvalue weighted by Gasteiger charge is -1.96. The molecule has 0 bridgehead atoms. The van der Waals surface area contributed by atoms with Crippen LogP contribution in [-0.2, 0) is 24.1 Å². The van der Waals surface area contributed by atoms with Crippen LogP contribution in [0, 0.1) is 0 Å². The summed E-state index contributed by atoms with van der Waals surface area (Å²) in [5.74, 6) is 5.19. The number of aryl methyl sites for hydroxylation is 2. The van der Waals surface area contributed by atoms with E-state index in [2.05, 4.69) is 27.9 Å². The molecule has 0 saturated carbocycles. The molecule has 0 fully saturated rings. The maximum absolute atomic E-state index is 10.9. The third-order valence-electron chi connectivity index (χ3n) is 2.70. The molecule has 7 heteroatoms. The fourth-order valence-electron chi connectivity index (χ4n) is 1.77. The van der Waals surface area contributed by atoms with Crippen LogP contribution in [0.4, 0.5) is 5.13 Å². The van der Waals surface area contributed by atoms with Crippen LogP contribution in [0.1, 0.15) is 22.4 Å². The molecule has 2 rings (SSSR count). The number of thiophene rings is 1. The van der Waals surface area contributed by atoms with Crippen molar-refractivity contribution in [3.63, 3.8) is 0 Å². The molecular weight excluding hydrogens is 292 g/mol. The third-order valence-corrected chi connectivity index (χ3v) is 4.71. The molecule has 5 nitrogen and oxygen atoms in total. The van der Waals surface area contributed by atoms with Gasteiger partial charge in [0.1, 0.15) is 0 Å². The van der Waals surface area contributed by atoms with Gasteiger partial charge in [0.2, 0.25) is 5.91 Å². The Balaban J connectivity index is 1.83. The quantitative estimate of drug-likeness (QED) is 0.539. The number of nitrogens with one attached hydrogen (secondary N) is 2. The number of hydrogen-bond donors (Lipinski definition) is 3. The summed E-state index contributed by atoms with van der Waals surface area (Å²) in [4.78, 5) is 18.0. The highest BCUT2D eigenvalue weighted by molar-refractivity contribution is 7.14. The van der Waals surface area contributed by atoms with Crippen LogP contribution in [0.5, 0.6) is 0 Å². The monoisotopic (exact) mass is 310 g/mol. The Morgan fingerprint density at radius 1 is 1.30 bits per heavy atom. The normalized spacial score (nSPS) is 10.7. The Labute approximate surface area is 126 Å². The number of amides is 1. The first-order valence-electron chi connectivity index (χ1n) is 6.40. The van der Waals surface area contributed by atoms with E-state index in [0.29, 0.717) is 5.13 Å². The first-order chi connectivity index (χ1) is 9.67. The number of anilines is 1. The molecule has 2 heterocycles. The summed E-state index contributed by atoms with van der Waals surface area (Å²) in [6.07, 6.45) is 2.83. The van der Waals surface area contributed by atoms with Crippen LogP contribution in [-0.4, -0.2) is 17.4 Å². The van der Waals surface area contributed by atoms with Gasteiger partial charge in [-0.25, -0.2) is 4.98 Å². The van der Waals surface area contributed by atoms with E-state index >= 15 is 0 Å². The minimum Gasteiger partial charge on any atom is -0.302 e.